The third-order valence-electron chi connectivity index (χ3n) is 7.25. The molecular formula is C29H36F9N5O8. The van der Waals surface area contributed by atoms with Gasteiger partial charge in [0.2, 0.25) is 0 Å². The summed E-state index contributed by atoms with van der Waals surface area (Å²) in [5.74, 6) is -8.02. The van der Waals surface area contributed by atoms with E-state index in [1.165, 1.54) is 5.56 Å². The molecule has 2 saturated heterocycles. The first-order valence-corrected chi connectivity index (χ1v) is 14.7. The first-order chi connectivity index (χ1) is 23.3. The van der Waals surface area contributed by atoms with Crippen LogP contribution in [0.1, 0.15) is 36.7 Å². The Kier molecular flexibility index (Phi) is 16.3. The second-order valence-electron chi connectivity index (χ2n) is 11.3. The molecule has 0 aliphatic carbocycles. The number of carboxylic acid groups (broad SMARTS) is 3. The van der Waals surface area contributed by atoms with Gasteiger partial charge >= 0.3 is 42.4 Å². The minimum absolute atomic E-state index is 0.0158. The van der Waals surface area contributed by atoms with E-state index in [4.69, 9.17) is 34.4 Å². The van der Waals surface area contributed by atoms with Crippen LogP contribution < -0.4 is 0 Å². The van der Waals surface area contributed by atoms with Crippen molar-refractivity contribution in [3.05, 3.63) is 47.5 Å². The maximum Gasteiger partial charge on any atom is 0.490 e. The molecule has 288 valence electrons. The Hall–Kier alpha value is -4.47. The number of esters is 1. The van der Waals surface area contributed by atoms with Gasteiger partial charge in [-0.2, -0.15) is 44.6 Å². The molecule has 51 heavy (non-hydrogen) atoms. The standard InChI is InChI=1S/C23H33N5O2.3C2HF3O2/c1-4-30-22(29)23-9-6-10-27(13-19-11-24-26(3)12-19)14-20(23)15-28(17-23)16-21-8-5-7-18(2)25-21;3*3-2(4,5)1(6)7/h5,7-8,11-12,20H,4,6,9-10,13-17H2,1-3H3;3*(H,6,7)/t20-,23-;;;/m0.../s1. The molecule has 22 heteroatoms. The Morgan fingerprint density at radius 2 is 1.39 bits per heavy atom. The molecule has 2 atom stereocenters. The number of rotatable bonds is 6. The summed E-state index contributed by atoms with van der Waals surface area (Å²) in [7, 11) is 1.95. The number of carboxylic acids is 3. The first-order valence-electron chi connectivity index (χ1n) is 14.7. The Morgan fingerprint density at radius 1 is 0.882 bits per heavy atom. The third-order valence-corrected chi connectivity index (χ3v) is 7.25. The molecule has 0 spiro atoms. The van der Waals surface area contributed by atoms with Crippen molar-refractivity contribution >= 4 is 23.9 Å². The lowest BCUT2D eigenvalue weighted by atomic mass is 9.75. The number of aliphatic carboxylic acids is 3. The number of pyridine rings is 1. The number of carbonyl (C=O) groups excluding carboxylic acids is 1. The molecule has 0 amide bonds. The van der Waals surface area contributed by atoms with E-state index in [0.717, 1.165) is 63.5 Å². The van der Waals surface area contributed by atoms with E-state index in [2.05, 4.69) is 38.2 Å². The largest absolute Gasteiger partial charge is 0.490 e. The molecule has 0 saturated carbocycles. The highest BCUT2D eigenvalue weighted by Crippen LogP contribution is 2.44. The predicted octanol–water partition coefficient (Wildman–Crippen LogP) is 4.30. The summed E-state index contributed by atoms with van der Waals surface area (Å²) in [5.41, 5.74) is 2.91. The van der Waals surface area contributed by atoms with E-state index in [9.17, 15) is 44.3 Å². The van der Waals surface area contributed by atoms with Gasteiger partial charge in [0, 0.05) is 63.1 Å². The second kappa shape index (κ2) is 18.7. The van der Waals surface area contributed by atoms with E-state index in [0.29, 0.717) is 6.61 Å². The summed E-state index contributed by atoms with van der Waals surface area (Å²) in [6.45, 7) is 9.59. The number of carbonyl (C=O) groups is 4. The maximum absolute atomic E-state index is 13.2. The fourth-order valence-corrected chi connectivity index (χ4v) is 5.22. The van der Waals surface area contributed by atoms with E-state index >= 15 is 0 Å². The van der Waals surface area contributed by atoms with Crippen molar-refractivity contribution in [2.75, 3.05) is 32.8 Å². The van der Waals surface area contributed by atoms with Crippen molar-refractivity contribution in [2.45, 2.75) is 58.3 Å². The topological polar surface area (TPSA) is 175 Å². The van der Waals surface area contributed by atoms with Crippen LogP contribution in [-0.2, 0) is 44.1 Å². The zero-order chi connectivity index (χ0) is 39.4. The SMILES string of the molecule is CCOC(=O)[C@]12CCCN(Cc3cnn(C)c3)C[C@H]1CN(Cc1cccc(C)n1)C2.O=C(O)C(F)(F)F.O=C(O)C(F)(F)F.O=C(O)C(F)(F)F. The summed E-state index contributed by atoms with van der Waals surface area (Å²) in [6, 6.07) is 6.16. The molecule has 4 heterocycles. The zero-order valence-electron chi connectivity index (χ0n) is 27.3. The minimum atomic E-state index is -5.08. The maximum atomic E-state index is 13.2. The lowest BCUT2D eigenvalue weighted by Gasteiger charge is -2.31. The summed E-state index contributed by atoms with van der Waals surface area (Å²) in [6.07, 6.45) is -9.34. The van der Waals surface area contributed by atoms with Gasteiger partial charge in [0.05, 0.1) is 23.9 Å². The number of hydrogen-bond donors (Lipinski definition) is 3. The molecule has 2 aromatic heterocycles. The van der Waals surface area contributed by atoms with E-state index in [1.807, 2.05) is 37.8 Å². The fourth-order valence-electron chi connectivity index (χ4n) is 5.22. The van der Waals surface area contributed by atoms with Crippen molar-refractivity contribution in [1.29, 1.82) is 0 Å². The van der Waals surface area contributed by atoms with Gasteiger partial charge in [-0.1, -0.05) is 6.07 Å². The van der Waals surface area contributed by atoms with Gasteiger partial charge in [-0.15, -0.1) is 0 Å². The van der Waals surface area contributed by atoms with Gasteiger partial charge in [0.15, 0.2) is 0 Å². The molecule has 13 nitrogen and oxygen atoms in total. The molecular weight excluding hydrogens is 717 g/mol. The molecule has 2 aromatic rings. The lowest BCUT2D eigenvalue weighted by Crippen LogP contribution is -2.42. The van der Waals surface area contributed by atoms with Crippen LogP contribution in [0.2, 0.25) is 0 Å². The highest BCUT2D eigenvalue weighted by Gasteiger charge is 2.54. The lowest BCUT2D eigenvalue weighted by molar-refractivity contribution is -0.193. The highest BCUT2D eigenvalue weighted by atomic mass is 19.4. The van der Waals surface area contributed by atoms with Crippen LogP contribution >= 0.6 is 0 Å². The van der Waals surface area contributed by atoms with Crippen LogP contribution in [0.5, 0.6) is 0 Å². The minimum Gasteiger partial charge on any atom is -0.475 e. The van der Waals surface area contributed by atoms with Crippen molar-refractivity contribution in [3.8, 4) is 0 Å². The van der Waals surface area contributed by atoms with E-state index in [-0.39, 0.29) is 11.9 Å². The quantitative estimate of drug-likeness (QED) is 0.282. The van der Waals surface area contributed by atoms with Gasteiger partial charge in [-0.3, -0.25) is 24.3 Å². The number of hydrogen-bond acceptors (Lipinski definition) is 9. The van der Waals surface area contributed by atoms with Crippen molar-refractivity contribution in [1.82, 2.24) is 24.6 Å². The summed E-state index contributed by atoms with van der Waals surface area (Å²) < 4.78 is 103. The second-order valence-corrected chi connectivity index (χ2v) is 11.3. The number of ether oxygens (including phenoxy) is 1. The molecule has 2 fully saturated rings. The summed E-state index contributed by atoms with van der Waals surface area (Å²) >= 11 is 0. The molecule has 2 aliphatic heterocycles. The summed E-state index contributed by atoms with van der Waals surface area (Å²) in [5, 5.41) is 25.7. The number of aryl methyl sites for hydroxylation is 2. The smallest absolute Gasteiger partial charge is 0.475 e. The van der Waals surface area contributed by atoms with Crippen LogP contribution in [0, 0.1) is 18.3 Å². The number of nitrogens with zero attached hydrogens (tertiary/aromatic N) is 5. The Balaban J connectivity index is 0.000000505. The number of halogens is 9. The van der Waals surface area contributed by atoms with Crippen molar-refractivity contribution in [3.63, 3.8) is 0 Å². The number of aromatic nitrogens is 3. The molecule has 2 aliphatic rings. The van der Waals surface area contributed by atoms with Crippen LogP contribution in [0.15, 0.2) is 30.6 Å². The van der Waals surface area contributed by atoms with E-state index in [1.54, 1.807) is 0 Å². The Labute approximate surface area is 284 Å². The number of alkyl halides is 9. The average molecular weight is 754 g/mol. The number of likely N-dealkylation sites (tertiary alicyclic amines) is 2. The van der Waals surface area contributed by atoms with E-state index < -0.39 is 41.9 Å². The Morgan fingerprint density at radius 3 is 1.82 bits per heavy atom. The monoisotopic (exact) mass is 753 g/mol. The van der Waals surface area contributed by atoms with Gasteiger partial charge in [-0.25, -0.2) is 14.4 Å². The fraction of sp³-hybridized carbons (Fsp3) is 0.586. The molecule has 0 unspecified atom stereocenters. The van der Waals surface area contributed by atoms with Gasteiger partial charge < -0.3 is 20.1 Å². The normalized spacial score (nSPS) is 19.4. The molecule has 0 radical (unpaired) electrons. The summed E-state index contributed by atoms with van der Waals surface area (Å²) in [4.78, 5) is 49.4. The van der Waals surface area contributed by atoms with Crippen molar-refractivity contribution in [2.24, 2.45) is 18.4 Å². The third kappa shape index (κ3) is 15.1. The number of fused-ring (bicyclic) bond motifs is 1. The van der Waals surface area contributed by atoms with Gasteiger partial charge in [0.1, 0.15) is 0 Å². The molecule has 0 aromatic carbocycles. The van der Waals surface area contributed by atoms with Crippen molar-refractivity contribution < 1.29 is 78.7 Å². The van der Waals surface area contributed by atoms with Crippen LogP contribution in [0.25, 0.3) is 0 Å². The van der Waals surface area contributed by atoms with Gasteiger partial charge in [0.25, 0.3) is 0 Å². The zero-order valence-corrected chi connectivity index (χ0v) is 27.3. The van der Waals surface area contributed by atoms with Crippen LogP contribution in [0.4, 0.5) is 39.5 Å². The molecule has 3 N–H and O–H groups in total. The van der Waals surface area contributed by atoms with Gasteiger partial charge in [-0.05, 0) is 45.4 Å². The molecule has 4 rings (SSSR count). The Bertz CT molecular complexity index is 1410. The predicted molar refractivity (Wildman–Crippen MR) is 156 cm³/mol. The average Bonchev–Trinajstić information content (AvgIpc) is 3.50. The first kappa shape index (κ1) is 44.6. The molecule has 0 bridgehead atoms. The van der Waals surface area contributed by atoms with Crippen LogP contribution in [0.3, 0.4) is 0 Å². The van der Waals surface area contributed by atoms with Crippen LogP contribution in [-0.4, -0.2) is 115 Å². The highest BCUT2D eigenvalue weighted by molar-refractivity contribution is 5.78.